The second-order valence-electron chi connectivity index (χ2n) is 10.3. The quantitative estimate of drug-likeness (QED) is 0.473. The Morgan fingerprint density at radius 2 is 1.15 bits per heavy atom. The fourth-order valence-corrected chi connectivity index (χ4v) is 4.37. The van der Waals surface area contributed by atoms with Crippen molar-refractivity contribution in [3.8, 4) is 5.75 Å². The molecule has 0 heterocycles. The van der Waals surface area contributed by atoms with Crippen molar-refractivity contribution >= 4 is 24.0 Å². The van der Waals surface area contributed by atoms with Crippen molar-refractivity contribution < 1.29 is 4.52 Å². The van der Waals surface area contributed by atoms with Crippen LogP contribution in [0.4, 0.5) is 0 Å². The molecule has 0 saturated heterocycles. The van der Waals surface area contributed by atoms with Crippen LogP contribution in [0.3, 0.4) is 0 Å². The molecule has 1 unspecified atom stereocenters. The molecule has 0 bridgehead atoms. The molecule has 0 spiro atoms. The highest BCUT2D eigenvalue weighted by Crippen LogP contribution is 2.50. The molecular formula is C24H34ClOP. The van der Waals surface area contributed by atoms with Crippen LogP contribution in [-0.2, 0) is 16.2 Å². The van der Waals surface area contributed by atoms with E-state index >= 15 is 0 Å². The molecular weight excluding hydrogens is 371 g/mol. The van der Waals surface area contributed by atoms with Gasteiger partial charge in [-0.2, -0.15) is 0 Å². The molecule has 0 radical (unpaired) electrons. The summed E-state index contributed by atoms with van der Waals surface area (Å²) in [5, 5.41) is 1.04. The third-order valence-corrected chi connectivity index (χ3v) is 6.54. The Bertz CT molecular complexity index is 742. The van der Waals surface area contributed by atoms with Gasteiger partial charge in [-0.3, -0.25) is 0 Å². The van der Waals surface area contributed by atoms with Crippen LogP contribution in [0.2, 0.25) is 0 Å². The number of hydrogen-bond acceptors (Lipinski definition) is 1. The van der Waals surface area contributed by atoms with Crippen LogP contribution in [0.25, 0.3) is 0 Å². The van der Waals surface area contributed by atoms with Crippen LogP contribution in [0.15, 0.2) is 42.5 Å². The minimum Gasteiger partial charge on any atom is -0.453 e. The van der Waals surface area contributed by atoms with Crippen molar-refractivity contribution in [1.29, 1.82) is 0 Å². The summed E-state index contributed by atoms with van der Waals surface area (Å²) in [4.78, 5) is 0. The lowest BCUT2D eigenvalue weighted by Crippen LogP contribution is -2.22. The highest BCUT2D eigenvalue weighted by molar-refractivity contribution is 7.86. The van der Waals surface area contributed by atoms with E-state index in [1.165, 1.54) is 16.7 Å². The highest BCUT2D eigenvalue weighted by atomic mass is 35.7. The normalized spacial score (nSPS) is 14.1. The molecule has 2 rings (SSSR count). The Hall–Kier alpha value is -1.04. The predicted molar refractivity (Wildman–Crippen MR) is 122 cm³/mol. The van der Waals surface area contributed by atoms with Crippen LogP contribution in [-0.4, -0.2) is 0 Å². The van der Waals surface area contributed by atoms with Gasteiger partial charge in [-0.1, -0.05) is 105 Å². The Morgan fingerprint density at radius 1 is 0.704 bits per heavy atom. The Labute approximate surface area is 172 Å². The summed E-state index contributed by atoms with van der Waals surface area (Å²) < 4.78 is 6.51. The van der Waals surface area contributed by atoms with Crippen molar-refractivity contribution in [2.24, 2.45) is 0 Å². The fourth-order valence-electron chi connectivity index (χ4n) is 2.95. The van der Waals surface area contributed by atoms with Gasteiger partial charge in [0.2, 0.25) is 7.50 Å². The van der Waals surface area contributed by atoms with E-state index in [4.69, 9.17) is 15.8 Å². The van der Waals surface area contributed by atoms with E-state index < -0.39 is 7.50 Å². The molecule has 0 aliphatic heterocycles. The van der Waals surface area contributed by atoms with Gasteiger partial charge in [-0.25, -0.2) is 0 Å². The van der Waals surface area contributed by atoms with Crippen LogP contribution in [0.5, 0.6) is 5.75 Å². The summed E-state index contributed by atoms with van der Waals surface area (Å²) in [6.07, 6.45) is 0. The molecule has 0 aliphatic carbocycles. The van der Waals surface area contributed by atoms with Crippen LogP contribution in [0.1, 0.15) is 79.0 Å². The maximum absolute atomic E-state index is 6.76. The molecule has 148 valence electrons. The molecule has 2 aromatic rings. The molecule has 1 nitrogen and oxygen atoms in total. The first kappa shape index (κ1) is 22.3. The molecule has 0 aromatic heterocycles. The highest BCUT2D eigenvalue weighted by Gasteiger charge is 2.31. The van der Waals surface area contributed by atoms with E-state index in [2.05, 4.69) is 74.4 Å². The molecule has 0 saturated carbocycles. The van der Waals surface area contributed by atoms with Crippen molar-refractivity contribution in [1.82, 2.24) is 0 Å². The summed E-state index contributed by atoms with van der Waals surface area (Å²) in [5.74, 6) is 0.952. The topological polar surface area (TPSA) is 9.23 Å². The van der Waals surface area contributed by atoms with Gasteiger partial charge in [-0.15, -0.1) is 0 Å². The second kappa shape index (κ2) is 7.76. The molecule has 0 N–H and O–H groups in total. The van der Waals surface area contributed by atoms with Crippen LogP contribution < -0.4 is 9.83 Å². The van der Waals surface area contributed by atoms with Gasteiger partial charge < -0.3 is 4.52 Å². The van der Waals surface area contributed by atoms with Crippen molar-refractivity contribution in [3.05, 3.63) is 59.2 Å². The summed E-state index contributed by atoms with van der Waals surface area (Å²) in [5.41, 5.74) is 3.78. The summed E-state index contributed by atoms with van der Waals surface area (Å²) in [7, 11) is -1.24. The Balaban J connectivity index is 2.69. The Kier molecular flexibility index (Phi) is 6.40. The first-order valence-corrected chi connectivity index (χ1v) is 11.8. The average Bonchev–Trinajstić information content (AvgIpc) is 2.52. The first-order chi connectivity index (χ1) is 12.2. The van der Waals surface area contributed by atoms with Gasteiger partial charge in [0.25, 0.3) is 0 Å². The van der Waals surface area contributed by atoms with Gasteiger partial charge in [0.1, 0.15) is 5.75 Å². The smallest absolute Gasteiger partial charge is 0.215 e. The maximum Gasteiger partial charge on any atom is 0.215 e. The molecule has 1 atom stereocenters. The fraction of sp³-hybridized carbons (Fsp3) is 0.500. The van der Waals surface area contributed by atoms with Gasteiger partial charge in [0.15, 0.2) is 0 Å². The largest absolute Gasteiger partial charge is 0.453 e. The second-order valence-corrected chi connectivity index (χ2v) is 12.4. The van der Waals surface area contributed by atoms with Gasteiger partial charge in [0, 0.05) is 16.4 Å². The molecule has 0 fully saturated rings. The SMILES string of the molecule is CC(C)(C)c1cc(C(C)(C)C)c(OP(Cl)c2ccccc2)c(C(C)(C)C)c1. The van der Waals surface area contributed by atoms with E-state index in [9.17, 15) is 0 Å². The van der Waals surface area contributed by atoms with Gasteiger partial charge in [-0.05, 0) is 33.0 Å². The molecule has 0 amide bonds. The number of benzene rings is 2. The maximum atomic E-state index is 6.76. The summed E-state index contributed by atoms with van der Waals surface area (Å²) >= 11 is 6.76. The zero-order chi connectivity index (χ0) is 20.6. The molecule has 0 aliphatic rings. The first-order valence-electron chi connectivity index (χ1n) is 9.59. The lowest BCUT2D eigenvalue weighted by atomic mass is 9.75. The number of hydrogen-bond donors (Lipinski definition) is 0. The van der Waals surface area contributed by atoms with Crippen molar-refractivity contribution in [2.75, 3.05) is 0 Å². The van der Waals surface area contributed by atoms with Crippen LogP contribution >= 0.6 is 18.7 Å². The lowest BCUT2D eigenvalue weighted by Gasteiger charge is -2.33. The predicted octanol–water partition coefficient (Wildman–Crippen LogP) is 7.83. The lowest BCUT2D eigenvalue weighted by molar-refractivity contribution is 0.498. The molecule has 27 heavy (non-hydrogen) atoms. The zero-order valence-electron chi connectivity index (χ0n) is 18.3. The number of rotatable bonds is 3. The molecule has 3 heteroatoms. The van der Waals surface area contributed by atoms with E-state index in [-0.39, 0.29) is 16.2 Å². The minimum absolute atomic E-state index is 0.0413. The van der Waals surface area contributed by atoms with E-state index in [1.54, 1.807) is 0 Å². The number of halogens is 1. The standard InChI is InChI=1S/C24H34ClOP/c1-22(2,3)17-15-19(23(4,5)6)21(20(16-17)24(7,8)9)26-27(25)18-13-11-10-12-14-18/h10-16H,1-9H3. The monoisotopic (exact) mass is 404 g/mol. The minimum atomic E-state index is -1.24. The van der Waals surface area contributed by atoms with Gasteiger partial charge >= 0.3 is 0 Å². The third kappa shape index (κ3) is 5.49. The van der Waals surface area contributed by atoms with Crippen LogP contribution in [0, 0.1) is 0 Å². The van der Waals surface area contributed by atoms with Gasteiger partial charge in [0.05, 0.1) is 0 Å². The zero-order valence-corrected chi connectivity index (χ0v) is 19.9. The van der Waals surface area contributed by atoms with Crippen molar-refractivity contribution in [2.45, 2.75) is 78.6 Å². The third-order valence-electron chi connectivity index (χ3n) is 4.70. The Morgan fingerprint density at radius 3 is 1.52 bits per heavy atom. The summed E-state index contributed by atoms with van der Waals surface area (Å²) in [6.45, 7) is 20.3. The summed E-state index contributed by atoms with van der Waals surface area (Å²) in [6, 6.07) is 14.7. The average molecular weight is 405 g/mol. The van der Waals surface area contributed by atoms with E-state index in [0.29, 0.717) is 0 Å². The van der Waals surface area contributed by atoms with E-state index in [0.717, 1.165) is 11.1 Å². The van der Waals surface area contributed by atoms with Crippen molar-refractivity contribution in [3.63, 3.8) is 0 Å². The molecule has 2 aromatic carbocycles. The van der Waals surface area contributed by atoms with E-state index in [1.807, 2.05) is 30.3 Å².